The number of carbonyl (C=O) groups excluding carboxylic acids is 1. The van der Waals surface area contributed by atoms with Gasteiger partial charge in [0.15, 0.2) is 5.16 Å². The lowest BCUT2D eigenvalue weighted by Gasteiger charge is -2.30. The van der Waals surface area contributed by atoms with Crippen LogP contribution in [0.15, 0.2) is 54.5 Å². The molecule has 3 aromatic rings. The molecule has 0 bridgehead atoms. The largest absolute Gasteiger partial charge is 0.415 e. The standard InChI is InChI=1S/C19H22N6O2S2/c26-19(24-9-5-17(6-10-24)29-18-21-13-22-23-18)27-16-3-1-15(2-4-16)7-12-28-25-11-8-20-14-25/h1-4,8,11,13-14,17H,5-7,9-10,12H2,(H,21,22,23). The van der Waals surface area contributed by atoms with Gasteiger partial charge in [-0.2, -0.15) is 5.10 Å². The van der Waals surface area contributed by atoms with Crippen LogP contribution in [0.1, 0.15) is 18.4 Å². The van der Waals surface area contributed by atoms with Gasteiger partial charge < -0.3 is 9.64 Å². The van der Waals surface area contributed by atoms with Crippen molar-refractivity contribution in [1.29, 1.82) is 0 Å². The molecule has 0 spiro atoms. The van der Waals surface area contributed by atoms with Gasteiger partial charge in [0, 0.05) is 36.5 Å². The summed E-state index contributed by atoms with van der Waals surface area (Å²) in [6, 6.07) is 7.75. The van der Waals surface area contributed by atoms with E-state index in [9.17, 15) is 4.79 Å². The molecule has 0 radical (unpaired) electrons. The molecule has 3 heterocycles. The lowest BCUT2D eigenvalue weighted by atomic mass is 10.1. The maximum absolute atomic E-state index is 12.4. The Morgan fingerprint density at radius 2 is 2.07 bits per heavy atom. The van der Waals surface area contributed by atoms with Crippen LogP contribution >= 0.6 is 23.7 Å². The molecule has 1 saturated heterocycles. The molecule has 1 aliphatic rings. The van der Waals surface area contributed by atoms with Gasteiger partial charge in [-0.05, 0) is 48.9 Å². The number of aromatic amines is 1. The number of rotatable bonds is 7. The van der Waals surface area contributed by atoms with Crippen LogP contribution in [-0.4, -0.2) is 59.2 Å². The molecule has 0 aliphatic carbocycles. The molecule has 0 unspecified atom stereocenters. The van der Waals surface area contributed by atoms with Crippen molar-refractivity contribution in [3.05, 3.63) is 54.9 Å². The van der Waals surface area contributed by atoms with Gasteiger partial charge >= 0.3 is 6.09 Å². The van der Waals surface area contributed by atoms with Gasteiger partial charge in [-0.25, -0.2) is 14.8 Å². The Morgan fingerprint density at radius 3 is 2.76 bits per heavy atom. The zero-order chi connectivity index (χ0) is 19.9. The average molecular weight is 431 g/mol. The average Bonchev–Trinajstić information content (AvgIpc) is 3.44. The molecule has 0 saturated carbocycles. The van der Waals surface area contributed by atoms with Crippen LogP contribution in [0.2, 0.25) is 0 Å². The van der Waals surface area contributed by atoms with E-state index in [1.54, 1.807) is 41.1 Å². The summed E-state index contributed by atoms with van der Waals surface area (Å²) in [5.74, 6) is 1.54. The third-order valence-electron chi connectivity index (χ3n) is 4.61. The number of amides is 1. The summed E-state index contributed by atoms with van der Waals surface area (Å²) in [5.41, 5.74) is 1.21. The summed E-state index contributed by atoms with van der Waals surface area (Å²) >= 11 is 3.39. The van der Waals surface area contributed by atoms with Crippen LogP contribution in [0.3, 0.4) is 0 Å². The summed E-state index contributed by atoms with van der Waals surface area (Å²) in [6.45, 7) is 1.38. The highest BCUT2D eigenvalue weighted by atomic mass is 32.2. The van der Waals surface area contributed by atoms with Gasteiger partial charge in [0.25, 0.3) is 0 Å². The monoisotopic (exact) mass is 430 g/mol. The quantitative estimate of drug-likeness (QED) is 0.614. The second kappa shape index (κ2) is 9.84. The number of carbonyl (C=O) groups is 1. The molecule has 10 heteroatoms. The lowest BCUT2D eigenvalue weighted by Crippen LogP contribution is -2.40. The normalized spacial score (nSPS) is 14.8. The fourth-order valence-corrected chi connectivity index (χ4v) is 4.82. The molecule has 0 atom stereocenters. The number of piperidine rings is 1. The Hall–Kier alpha value is -2.46. The van der Waals surface area contributed by atoms with Crippen molar-refractivity contribution in [3.63, 3.8) is 0 Å². The Morgan fingerprint density at radius 1 is 1.24 bits per heavy atom. The Kier molecular flexibility index (Phi) is 6.73. The predicted molar refractivity (Wildman–Crippen MR) is 113 cm³/mol. The fraction of sp³-hybridized carbons (Fsp3) is 0.368. The molecular formula is C19H22N6O2S2. The minimum Gasteiger partial charge on any atom is -0.410 e. The van der Waals surface area contributed by atoms with Crippen molar-refractivity contribution in [2.24, 2.45) is 0 Å². The molecule has 1 N–H and O–H groups in total. The van der Waals surface area contributed by atoms with Gasteiger partial charge in [-0.15, -0.1) is 0 Å². The van der Waals surface area contributed by atoms with Gasteiger partial charge in [-0.1, -0.05) is 23.9 Å². The van der Waals surface area contributed by atoms with Gasteiger partial charge in [0.1, 0.15) is 18.4 Å². The summed E-state index contributed by atoms with van der Waals surface area (Å²) in [4.78, 5) is 22.4. The Bertz CT molecular complexity index is 878. The number of aryl methyl sites for hydroxylation is 1. The maximum atomic E-state index is 12.4. The molecule has 152 valence electrons. The van der Waals surface area contributed by atoms with E-state index in [-0.39, 0.29) is 6.09 Å². The number of aromatic nitrogens is 5. The van der Waals surface area contributed by atoms with Crippen molar-refractivity contribution in [3.8, 4) is 5.75 Å². The summed E-state index contributed by atoms with van der Waals surface area (Å²) < 4.78 is 7.54. The maximum Gasteiger partial charge on any atom is 0.415 e. The predicted octanol–water partition coefficient (Wildman–Crippen LogP) is 3.50. The number of H-pyrrole nitrogens is 1. The number of likely N-dealkylation sites (tertiary alicyclic amines) is 1. The van der Waals surface area contributed by atoms with Crippen molar-refractivity contribution in [2.75, 3.05) is 18.8 Å². The minimum atomic E-state index is -0.281. The highest BCUT2D eigenvalue weighted by Crippen LogP contribution is 2.28. The molecular weight excluding hydrogens is 408 g/mol. The Labute approximate surface area is 177 Å². The number of benzene rings is 1. The first-order chi connectivity index (χ1) is 14.3. The minimum absolute atomic E-state index is 0.281. The van der Waals surface area contributed by atoms with E-state index in [1.165, 1.54) is 11.9 Å². The molecule has 4 rings (SSSR count). The van der Waals surface area contributed by atoms with E-state index < -0.39 is 0 Å². The number of imidazole rings is 1. The van der Waals surface area contributed by atoms with E-state index in [2.05, 4.69) is 20.2 Å². The first-order valence-corrected chi connectivity index (χ1v) is 11.3. The van der Waals surface area contributed by atoms with Crippen molar-refractivity contribution in [1.82, 2.24) is 29.0 Å². The molecule has 1 aromatic carbocycles. The highest BCUT2D eigenvalue weighted by Gasteiger charge is 2.25. The van der Waals surface area contributed by atoms with Crippen LogP contribution in [0.4, 0.5) is 4.79 Å². The molecule has 1 fully saturated rings. The van der Waals surface area contributed by atoms with Crippen LogP contribution in [-0.2, 0) is 6.42 Å². The number of nitrogens with one attached hydrogen (secondary N) is 1. The second-order valence-corrected chi connectivity index (χ2v) is 8.99. The number of nitrogens with zero attached hydrogens (tertiary/aromatic N) is 5. The van der Waals surface area contributed by atoms with Crippen molar-refractivity contribution in [2.45, 2.75) is 29.7 Å². The summed E-state index contributed by atoms with van der Waals surface area (Å²) in [7, 11) is 0. The first kappa shape index (κ1) is 19.8. The number of ether oxygens (including phenoxy) is 1. The van der Waals surface area contributed by atoms with Crippen LogP contribution in [0.5, 0.6) is 5.75 Å². The zero-order valence-corrected chi connectivity index (χ0v) is 17.4. The molecule has 2 aromatic heterocycles. The SMILES string of the molecule is O=C(Oc1ccc(CCSn2ccnc2)cc1)N1CCC(Sc2ncn[nH]2)CC1. The second-order valence-electron chi connectivity index (χ2n) is 6.61. The lowest BCUT2D eigenvalue weighted by molar-refractivity contribution is 0.143. The van der Waals surface area contributed by atoms with E-state index in [1.807, 2.05) is 34.4 Å². The van der Waals surface area contributed by atoms with Crippen molar-refractivity contribution < 1.29 is 9.53 Å². The van der Waals surface area contributed by atoms with Crippen LogP contribution in [0, 0.1) is 0 Å². The van der Waals surface area contributed by atoms with Crippen molar-refractivity contribution >= 4 is 29.8 Å². The van der Waals surface area contributed by atoms with Gasteiger partial charge in [0.2, 0.25) is 0 Å². The molecule has 8 nitrogen and oxygen atoms in total. The van der Waals surface area contributed by atoms with Gasteiger partial charge in [0.05, 0.1) is 0 Å². The van der Waals surface area contributed by atoms with E-state index in [0.717, 1.165) is 30.2 Å². The highest BCUT2D eigenvalue weighted by molar-refractivity contribution is 7.99. The zero-order valence-electron chi connectivity index (χ0n) is 15.8. The topological polar surface area (TPSA) is 88.9 Å². The van der Waals surface area contributed by atoms with E-state index in [0.29, 0.717) is 24.1 Å². The molecule has 1 amide bonds. The summed E-state index contributed by atoms with van der Waals surface area (Å²) in [6.07, 6.45) is 9.49. The van der Waals surface area contributed by atoms with E-state index in [4.69, 9.17) is 4.74 Å². The van der Waals surface area contributed by atoms with Crippen LogP contribution < -0.4 is 4.74 Å². The molecule has 1 aliphatic heterocycles. The third-order valence-corrected chi connectivity index (χ3v) is 6.74. The molecule has 29 heavy (non-hydrogen) atoms. The Balaban J connectivity index is 1.19. The van der Waals surface area contributed by atoms with E-state index >= 15 is 0 Å². The number of thioether (sulfide) groups is 1. The van der Waals surface area contributed by atoms with Gasteiger partial charge in [-0.3, -0.25) is 9.07 Å². The fourth-order valence-electron chi connectivity index (χ4n) is 3.05. The third kappa shape index (κ3) is 5.77. The van der Waals surface area contributed by atoms with Crippen LogP contribution in [0.25, 0.3) is 0 Å². The number of hydrogen-bond donors (Lipinski definition) is 1. The first-order valence-electron chi connectivity index (χ1n) is 9.45. The summed E-state index contributed by atoms with van der Waals surface area (Å²) in [5, 5.41) is 8.00. The smallest absolute Gasteiger partial charge is 0.410 e. The number of hydrogen-bond acceptors (Lipinski definition) is 7.